The number of carbonyl (C=O) groups excluding carboxylic acids is 1. The number of nitrogens with one attached hydrogen (secondary N) is 1. The van der Waals surface area contributed by atoms with Crippen molar-refractivity contribution in [3.8, 4) is 0 Å². The fourth-order valence-electron chi connectivity index (χ4n) is 4.03. The highest BCUT2D eigenvalue weighted by atomic mass is 32.2. The number of nitrogens with two attached hydrogens (primary N) is 1. The topological polar surface area (TPSA) is 139 Å². The first kappa shape index (κ1) is 31.4. The van der Waals surface area contributed by atoms with Crippen molar-refractivity contribution in [2.45, 2.75) is 77.4 Å². The Balaban J connectivity index is 2.51. The maximum absolute atomic E-state index is 13.2. The van der Waals surface area contributed by atoms with Crippen molar-refractivity contribution in [3.05, 3.63) is 29.3 Å². The SMILES string of the molecule is C=C(/N=N/c1cc2c(cc1NS(=O)(=O)C(F)(F)F)N(C(CC)CC)C(C)CC2)S/C(=N\N)C(=O)OCCC. The van der Waals surface area contributed by atoms with Crippen molar-refractivity contribution >= 4 is 49.9 Å². The van der Waals surface area contributed by atoms with Crippen molar-refractivity contribution < 1.29 is 31.1 Å². The molecule has 15 heteroatoms. The highest BCUT2D eigenvalue weighted by molar-refractivity contribution is 8.18. The van der Waals surface area contributed by atoms with E-state index < -0.39 is 21.5 Å². The third-order valence-electron chi connectivity index (χ3n) is 5.88. The van der Waals surface area contributed by atoms with Gasteiger partial charge in [0.15, 0.2) is 0 Å². The molecule has 0 spiro atoms. The lowest BCUT2D eigenvalue weighted by molar-refractivity contribution is -0.135. The first-order valence-corrected chi connectivity index (χ1v) is 14.4. The van der Waals surface area contributed by atoms with Crippen molar-refractivity contribution in [1.82, 2.24) is 0 Å². The summed E-state index contributed by atoms with van der Waals surface area (Å²) in [4.78, 5) is 14.1. The summed E-state index contributed by atoms with van der Waals surface area (Å²) in [6.07, 6.45) is 3.59. The number of carbonyl (C=O) groups is 1. The van der Waals surface area contributed by atoms with E-state index in [1.807, 2.05) is 20.8 Å². The summed E-state index contributed by atoms with van der Waals surface area (Å²) in [6, 6.07) is 3.09. The maximum Gasteiger partial charge on any atom is 0.516 e. The number of alkyl halides is 3. The molecule has 10 nitrogen and oxygen atoms in total. The zero-order chi connectivity index (χ0) is 28.7. The molecule has 0 saturated carbocycles. The first-order chi connectivity index (χ1) is 17.8. The van der Waals surface area contributed by atoms with Crippen molar-refractivity contribution in [2.75, 3.05) is 16.2 Å². The predicted octanol–water partition coefficient (Wildman–Crippen LogP) is 5.79. The fraction of sp³-hybridized carbons (Fsp3) is 0.565. The number of hydrazone groups is 1. The molecule has 0 aliphatic carbocycles. The van der Waals surface area contributed by atoms with E-state index in [-0.39, 0.29) is 40.1 Å². The van der Waals surface area contributed by atoms with Crippen LogP contribution < -0.4 is 15.5 Å². The molecular weight excluding hydrogens is 545 g/mol. The molecule has 0 aromatic heterocycles. The Labute approximate surface area is 225 Å². The fourth-order valence-corrected chi connectivity index (χ4v) is 5.09. The van der Waals surface area contributed by atoms with E-state index in [2.05, 4.69) is 26.8 Å². The van der Waals surface area contributed by atoms with Gasteiger partial charge in [-0.25, -0.2) is 4.79 Å². The summed E-state index contributed by atoms with van der Waals surface area (Å²) in [5.41, 5.74) is -4.63. The second-order valence-electron chi connectivity index (χ2n) is 8.58. The van der Waals surface area contributed by atoms with E-state index in [0.717, 1.165) is 24.8 Å². The van der Waals surface area contributed by atoms with Crippen molar-refractivity contribution in [1.29, 1.82) is 0 Å². The summed E-state index contributed by atoms with van der Waals surface area (Å²) in [6.45, 7) is 11.7. The number of ether oxygens (including phenoxy) is 1. The van der Waals surface area contributed by atoms with Gasteiger partial charge >= 0.3 is 21.5 Å². The highest BCUT2D eigenvalue weighted by Crippen LogP contribution is 2.42. The Hall–Kier alpha value is -2.81. The molecule has 0 radical (unpaired) electrons. The van der Waals surface area contributed by atoms with E-state index in [1.54, 1.807) is 11.6 Å². The van der Waals surface area contributed by atoms with Gasteiger partial charge in [-0.05, 0) is 68.5 Å². The standard InChI is InChI=1S/C23H33F3N6O4S2/c1-6-11-36-22(33)21(28-27)37-15(5)29-30-18-12-16-10-9-14(4)32(17(7-2)8-3)20(16)13-19(18)31-38(34,35)23(24,25)26/h12-14,17,31H,5-11,27H2,1-4H3/b28-21-,30-29+. The molecule has 0 saturated heterocycles. The minimum absolute atomic E-state index is 0.0720. The minimum Gasteiger partial charge on any atom is -0.461 e. The van der Waals surface area contributed by atoms with Gasteiger partial charge in [-0.3, -0.25) is 4.72 Å². The Kier molecular flexibility index (Phi) is 11.0. The second kappa shape index (κ2) is 13.3. The van der Waals surface area contributed by atoms with Gasteiger partial charge in [0.1, 0.15) is 10.7 Å². The monoisotopic (exact) mass is 578 g/mol. The summed E-state index contributed by atoms with van der Waals surface area (Å²) >= 11 is 0.654. The van der Waals surface area contributed by atoms with Crippen molar-refractivity contribution in [3.63, 3.8) is 0 Å². The Morgan fingerprint density at radius 2 is 1.97 bits per heavy atom. The van der Waals surface area contributed by atoms with Crippen LogP contribution in [0.5, 0.6) is 0 Å². The number of sulfonamides is 1. The van der Waals surface area contributed by atoms with Gasteiger partial charge in [0.2, 0.25) is 5.04 Å². The molecule has 1 aliphatic heterocycles. The molecule has 0 fully saturated rings. The number of aryl methyl sites for hydroxylation is 1. The molecule has 3 N–H and O–H groups in total. The molecule has 0 amide bonds. The number of rotatable bonds is 10. The van der Waals surface area contributed by atoms with Crippen LogP contribution in [0.1, 0.15) is 58.9 Å². The number of halogens is 3. The summed E-state index contributed by atoms with van der Waals surface area (Å²) in [5.74, 6) is 4.46. The lowest BCUT2D eigenvalue weighted by Gasteiger charge is -2.42. The minimum atomic E-state index is -5.74. The Morgan fingerprint density at radius 3 is 2.53 bits per heavy atom. The summed E-state index contributed by atoms with van der Waals surface area (Å²) < 4.78 is 70.2. The molecule has 1 aliphatic rings. The summed E-state index contributed by atoms with van der Waals surface area (Å²) in [7, 11) is -5.74. The molecule has 212 valence electrons. The van der Waals surface area contributed by atoms with Gasteiger partial charge in [-0.15, -0.1) is 10.2 Å². The number of hydrogen-bond acceptors (Lipinski definition) is 10. The zero-order valence-corrected chi connectivity index (χ0v) is 23.3. The third-order valence-corrected chi connectivity index (χ3v) is 7.76. The molecule has 1 aromatic carbocycles. The van der Waals surface area contributed by atoms with E-state index >= 15 is 0 Å². The van der Waals surface area contributed by atoms with Crippen LogP contribution in [-0.4, -0.2) is 43.6 Å². The molecule has 38 heavy (non-hydrogen) atoms. The van der Waals surface area contributed by atoms with Gasteiger partial charge in [0, 0.05) is 17.8 Å². The van der Waals surface area contributed by atoms with Gasteiger partial charge in [0.05, 0.1) is 12.3 Å². The van der Waals surface area contributed by atoms with E-state index in [0.29, 0.717) is 30.3 Å². The van der Waals surface area contributed by atoms with Crippen LogP contribution in [0.4, 0.5) is 30.2 Å². The molecule has 0 bridgehead atoms. The lowest BCUT2D eigenvalue weighted by Crippen LogP contribution is -2.44. The molecule has 1 atom stereocenters. The normalized spacial score (nSPS) is 16.6. The van der Waals surface area contributed by atoms with Crippen LogP contribution in [0, 0.1) is 0 Å². The predicted molar refractivity (Wildman–Crippen MR) is 144 cm³/mol. The van der Waals surface area contributed by atoms with E-state index in [9.17, 15) is 26.4 Å². The number of esters is 1. The van der Waals surface area contributed by atoms with Crippen molar-refractivity contribution in [2.24, 2.45) is 21.2 Å². The first-order valence-electron chi connectivity index (χ1n) is 12.1. The Bertz CT molecular complexity index is 1180. The quantitative estimate of drug-likeness (QED) is 0.0894. The number of benzene rings is 1. The number of fused-ring (bicyclic) bond motifs is 1. The largest absolute Gasteiger partial charge is 0.516 e. The highest BCUT2D eigenvalue weighted by Gasteiger charge is 2.46. The zero-order valence-electron chi connectivity index (χ0n) is 21.7. The van der Waals surface area contributed by atoms with E-state index in [1.165, 1.54) is 12.1 Å². The third kappa shape index (κ3) is 7.62. The molecular formula is C23H33F3N6O4S2. The molecule has 1 unspecified atom stereocenters. The van der Waals surface area contributed by atoms with Crippen LogP contribution in [0.3, 0.4) is 0 Å². The molecule has 1 heterocycles. The number of thioether (sulfide) groups is 1. The lowest BCUT2D eigenvalue weighted by atomic mass is 9.92. The average molecular weight is 579 g/mol. The van der Waals surface area contributed by atoms with Crippen LogP contribution in [0.25, 0.3) is 0 Å². The number of azo groups is 1. The number of nitrogens with zero attached hydrogens (tertiary/aromatic N) is 4. The van der Waals surface area contributed by atoms with Crippen LogP contribution in [-0.2, 0) is 26.0 Å². The van der Waals surface area contributed by atoms with Crippen LogP contribution in [0.2, 0.25) is 0 Å². The smallest absolute Gasteiger partial charge is 0.461 e. The van der Waals surface area contributed by atoms with E-state index in [4.69, 9.17) is 10.6 Å². The van der Waals surface area contributed by atoms with Gasteiger partial charge in [0.25, 0.3) is 0 Å². The van der Waals surface area contributed by atoms with Crippen LogP contribution >= 0.6 is 11.8 Å². The van der Waals surface area contributed by atoms with Gasteiger partial charge in [-0.1, -0.05) is 27.4 Å². The second-order valence-corrected chi connectivity index (χ2v) is 11.3. The number of hydrogen-bond donors (Lipinski definition) is 2. The van der Waals surface area contributed by atoms with Gasteiger partial charge < -0.3 is 15.5 Å². The molecule has 1 aromatic rings. The summed E-state index contributed by atoms with van der Waals surface area (Å²) in [5, 5.41) is 10.9. The number of anilines is 2. The maximum atomic E-state index is 13.2. The van der Waals surface area contributed by atoms with Gasteiger partial charge in [-0.2, -0.15) is 26.7 Å². The average Bonchev–Trinajstić information content (AvgIpc) is 2.85. The molecule has 2 rings (SSSR count). The van der Waals surface area contributed by atoms with Crippen LogP contribution in [0.15, 0.2) is 39.1 Å². The Morgan fingerprint density at radius 1 is 1.32 bits per heavy atom.